The largest absolute Gasteiger partial charge is 0.325 e. The SMILES string of the molecule is CC(=O)Nc1nc2c(s1)-c1c(c(-c3cccnc3)nn1-c1ccc(NC(=O)C(C)N(C)C)cc1F)CC2. The maximum absolute atomic E-state index is 15.6. The Balaban J connectivity index is 1.61. The number of pyridine rings is 1. The van der Waals surface area contributed by atoms with Crippen LogP contribution in [0.25, 0.3) is 27.5 Å². The van der Waals surface area contributed by atoms with Gasteiger partial charge in [-0.05, 0) is 64.2 Å². The van der Waals surface area contributed by atoms with Crippen molar-refractivity contribution in [3.8, 4) is 27.5 Å². The summed E-state index contributed by atoms with van der Waals surface area (Å²) >= 11 is 1.34. The summed E-state index contributed by atoms with van der Waals surface area (Å²) in [5.74, 6) is -0.965. The molecule has 0 aliphatic heterocycles. The number of hydrogen-bond acceptors (Lipinski definition) is 7. The van der Waals surface area contributed by atoms with Crippen LogP contribution in [0.15, 0.2) is 42.7 Å². The minimum Gasteiger partial charge on any atom is -0.325 e. The number of amides is 2. The van der Waals surface area contributed by atoms with Crippen LogP contribution in [0, 0.1) is 5.82 Å². The number of carbonyl (C=O) groups excluding carboxylic acids is 2. The van der Waals surface area contributed by atoms with Gasteiger partial charge in [0.15, 0.2) is 10.9 Å². The average molecular weight is 520 g/mol. The highest BCUT2D eigenvalue weighted by Gasteiger charge is 2.30. The van der Waals surface area contributed by atoms with Gasteiger partial charge in [-0.2, -0.15) is 5.10 Å². The molecular formula is C26H26FN7O2S. The monoisotopic (exact) mass is 519 g/mol. The number of thiazole rings is 1. The van der Waals surface area contributed by atoms with Crippen LogP contribution in [0.5, 0.6) is 0 Å². The molecular weight excluding hydrogens is 493 g/mol. The van der Waals surface area contributed by atoms with Crippen LogP contribution >= 0.6 is 11.3 Å². The van der Waals surface area contributed by atoms with Crippen LogP contribution in [-0.2, 0) is 22.4 Å². The minimum absolute atomic E-state index is 0.205. The number of nitrogens with one attached hydrogen (secondary N) is 2. The highest BCUT2D eigenvalue weighted by Crippen LogP contribution is 2.44. The summed E-state index contributed by atoms with van der Waals surface area (Å²) in [7, 11) is 3.61. The van der Waals surface area contributed by atoms with Gasteiger partial charge in [-0.25, -0.2) is 14.1 Å². The van der Waals surface area contributed by atoms with E-state index in [4.69, 9.17) is 5.10 Å². The lowest BCUT2D eigenvalue weighted by atomic mass is 9.95. The zero-order valence-corrected chi connectivity index (χ0v) is 21.7. The first-order valence-electron chi connectivity index (χ1n) is 11.8. The Morgan fingerprint density at radius 1 is 1.19 bits per heavy atom. The van der Waals surface area contributed by atoms with Gasteiger partial charge in [-0.3, -0.25) is 19.5 Å². The second kappa shape index (κ2) is 9.83. The fraction of sp³-hybridized carbons (Fsp3) is 0.269. The van der Waals surface area contributed by atoms with Crippen LogP contribution in [0.4, 0.5) is 15.2 Å². The molecule has 1 atom stereocenters. The number of carbonyl (C=O) groups is 2. The van der Waals surface area contributed by atoms with E-state index in [2.05, 4.69) is 20.6 Å². The molecule has 37 heavy (non-hydrogen) atoms. The first-order chi connectivity index (χ1) is 17.7. The van der Waals surface area contributed by atoms with Gasteiger partial charge >= 0.3 is 0 Å². The average Bonchev–Trinajstić information content (AvgIpc) is 3.44. The molecule has 190 valence electrons. The first-order valence-corrected chi connectivity index (χ1v) is 12.6. The summed E-state index contributed by atoms with van der Waals surface area (Å²) in [6.45, 7) is 3.21. The summed E-state index contributed by atoms with van der Waals surface area (Å²) in [6, 6.07) is 7.96. The summed E-state index contributed by atoms with van der Waals surface area (Å²) < 4.78 is 17.2. The molecule has 4 aromatic rings. The lowest BCUT2D eigenvalue weighted by Crippen LogP contribution is -2.37. The van der Waals surface area contributed by atoms with Crippen molar-refractivity contribution in [2.75, 3.05) is 24.7 Å². The number of nitrogens with zero attached hydrogens (tertiary/aromatic N) is 5. The number of anilines is 2. The van der Waals surface area contributed by atoms with Crippen LogP contribution in [0.3, 0.4) is 0 Å². The van der Waals surface area contributed by atoms with Crippen molar-refractivity contribution >= 4 is 34.0 Å². The van der Waals surface area contributed by atoms with E-state index in [0.717, 1.165) is 33.1 Å². The predicted molar refractivity (Wildman–Crippen MR) is 141 cm³/mol. The number of aromatic nitrogens is 4. The quantitative estimate of drug-likeness (QED) is 0.397. The number of benzene rings is 1. The number of aryl methyl sites for hydroxylation is 1. The van der Waals surface area contributed by atoms with E-state index in [1.165, 1.54) is 24.3 Å². The van der Waals surface area contributed by atoms with Crippen LogP contribution < -0.4 is 10.6 Å². The molecule has 1 aliphatic carbocycles. The maximum atomic E-state index is 15.6. The summed E-state index contributed by atoms with van der Waals surface area (Å²) in [4.78, 5) is 35.5. The van der Waals surface area contributed by atoms with Crippen LogP contribution in [0.1, 0.15) is 25.1 Å². The van der Waals surface area contributed by atoms with E-state index < -0.39 is 5.82 Å². The second-order valence-electron chi connectivity index (χ2n) is 9.10. The number of rotatable bonds is 6. The lowest BCUT2D eigenvalue weighted by molar-refractivity contribution is -0.120. The molecule has 2 amide bonds. The predicted octanol–water partition coefficient (Wildman–Crippen LogP) is 4.14. The molecule has 0 radical (unpaired) electrons. The molecule has 1 unspecified atom stereocenters. The molecule has 11 heteroatoms. The van der Waals surface area contributed by atoms with Crippen molar-refractivity contribution in [3.63, 3.8) is 0 Å². The Morgan fingerprint density at radius 2 is 2.00 bits per heavy atom. The van der Waals surface area contributed by atoms with E-state index in [1.54, 1.807) is 55.1 Å². The summed E-state index contributed by atoms with van der Waals surface area (Å²) in [5, 5.41) is 10.9. The van der Waals surface area contributed by atoms with Crippen molar-refractivity contribution in [3.05, 3.63) is 59.8 Å². The topological polar surface area (TPSA) is 105 Å². The molecule has 1 aliphatic rings. The normalized spacial score (nSPS) is 13.1. The molecule has 0 saturated heterocycles. The molecule has 1 aromatic carbocycles. The van der Waals surface area contributed by atoms with Crippen molar-refractivity contribution in [2.45, 2.75) is 32.7 Å². The highest BCUT2D eigenvalue weighted by molar-refractivity contribution is 7.19. The molecule has 2 N–H and O–H groups in total. The van der Waals surface area contributed by atoms with E-state index >= 15 is 4.39 Å². The van der Waals surface area contributed by atoms with Gasteiger partial charge in [0.05, 0.1) is 28.0 Å². The van der Waals surface area contributed by atoms with Crippen LogP contribution in [0.2, 0.25) is 0 Å². The van der Waals surface area contributed by atoms with Crippen LogP contribution in [-0.4, -0.2) is 56.6 Å². The summed E-state index contributed by atoms with van der Waals surface area (Å²) in [5.41, 5.74) is 4.70. The van der Waals surface area contributed by atoms with E-state index in [1.807, 2.05) is 12.1 Å². The van der Waals surface area contributed by atoms with Gasteiger partial charge in [0.2, 0.25) is 11.8 Å². The lowest BCUT2D eigenvalue weighted by Gasteiger charge is -2.19. The minimum atomic E-state index is -0.530. The zero-order chi connectivity index (χ0) is 26.3. The van der Waals surface area contributed by atoms with Crippen molar-refractivity contribution in [1.82, 2.24) is 24.6 Å². The fourth-order valence-corrected chi connectivity index (χ4v) is 5.34. The van der Waals surface area contributed by atoms with Crippen molar-refractivity contribution in [1.29, 1.82) is 0 Å². The van der Waals surface area contributed by atoms with Gasteiger partial charge < -0.3 is 10.6 Å². The molecule has 5 rings (SSSR count). The Hall–Kier alpha value is -3.96. The number of hydrogen-bond donors (Lipinski definition) is 2. The van der Waals surface area contributed by atoms with E-state index in [9.17, 15) is 9.59 Å². The summed E-state index contributed by atoms with van der Waals surface area (Å²) in [6.07, 6.45) is 4.76. The van der Waals surface area contributed by atoms with Crippen molar-refractivity contribution < 1.29 is 14.0 Å². The van der Waals surface area contributed by atoms with Gasteiger partial charge in [0.1, 0.15) is 5.69 Å². The van der Waals surface area contributed by atoms with Gasteiger partial charge in [0, 0.05) is 36.1 Å². The maximum Gasteiger partial charge on any atom is 0.241 e. The highest BCUT2D eigenvalue weighted by atomic mass is 32.1. The number of halogens is 1. The molecule has 0 saturated carbocycles. The number of fused-ring (bicyclic) bond motifs is 3. The molecule has 0 bridgehead atoms. The Labute approximate surface area is 217 Å². The molecule has 3 aromatic heterocycles. The van der Waals surface area contributed by atoms with E-state index in [-0.39, 0.29) is 23.5 Å². The first kappa shape index (κ1) is 24.7. The smallest absolute Gasteiger partial charge is 0.241 e. The van der Waals surface area contributed by atoms with Gasteiger partial charge in [-0.15, -0.1) is 0 Å². The number of likely N-dealkylation sites (N-methyl/N-ethyl adjacent to an activating group) is 1. The third-order valence-corrected chi connectivity index (χ3v) is 7.34. The van der Waals surface area contributed by atoms with Gasteiger partial charge in [0.25, 0.3) is 0 Å². The molecule has 0 fully saturated rings. The Kier molecular flexibility index (Phi) is 6.57. The molecule has 0 spiro atoms. The second-order valence-corrected chi connectivity index (χ2v) is 10.1. The Morgan fingerprint density at radius 3 is 2.68 bits per heavy atom. The standard InChI is InChI=1S/C26H26FN7O2S/c1-14(33(3)4)25(36)30-17-7-10-21(19(27)12-17)34-23-18(22(32-34)16-6-5-11-28-13-16)8-9-20-24(23)37-26(31-20)29-15(2)35/h5-7,10-14H,8-9H2,1-4H3,(H,30,36)(H,29,31,35). The third-order valence-electron chi connectivity index (χ3n) is 6.32. The Bertz CT molecular complexity index is 1500. The zero-order valence-electron chi connectivity index (χ0n) is 20.9. The van der Waals surface area contributed by atoms with Crippen molar-refractivity contribution in [2.24, 2.45) is 0 Å². The molecule has 3 heterocycles. The fourth-order valence-electron chi connectivity index (χ4n) is 4.22. The van der Waals surface area contributed by atoms with Gasteiger partial charge in [-0.1, -0.05) is 11.3 Å². The third kappa shape index (κ3) is 4.75. The molecule has 9 nitrogen and oxygen atoms in total. The van der Waals surface area contributed by atoms with E-state index in [0.29, 0.717) is 23.7 Å².